The van der Waals surface area contributed by atoms with Gasteiger partial charge in [-0.25, -0.2) is 4.79 Å². The molecule has 0 amide bonds. The molecule has 100 valence electrons. The molecule has 0 fully saturated rings. The third-order valence-corrected chi connectivity index (χ3v) is 2.29. The average Bonchev–Trinajstić information content (AvgIpc) is 2.45. The van der Waals surface area contributed by atoms with Gasteiger partial charge < -0.3 is 9.47 Å². The molecule has 1 aromatic carbocycles. The van der Waals surface area contributed by atoms with Gasteiger partial charge in [0.2, 0.25) is 0 Å². The van der Waals surface area contributed by atoms with E-state index in [2.05, 4.69) is 0 Å². The Labute approximate surface area is 112 Å². The van der Waals surface area contributed by atoms with Gasteiger partial charge in [0.1, 0.15) is 5.75 Å². The van der Waals surface area contributed by atoms with E-state index in [1.807, 2.05) is 6.92 Å². The maximum atomic E-state index is 11.7. The molecule has 0 spiro atoms. The Morgan fingerprint density at radius 3 is 2.42 bits per heavy atom. The summed E-state index contributed by atoms with van der Waals surface area (Å²) in [6.45, 7) is 1.56. The van der Waals surface area contributed by atoms with Gasteiger partial charge in [-0.05, 0) is 31.2 Å². The second-order valence-corrected chi connectivity index (χ2v) is 3.64. The van der Waals surface area contributed by atoms with E-state index in [0.717, 1.165) is 0 Å². The van der Waals surface area contributed by atoms with Crippen LogP contribution in [0.3, 0.4) is 0 Å². The molecule has 4 nitrogen and oxygen atoms in total. The molecule has 0 heterocycles. The highest BCUT2D eigenvalue weighted by Gasteiger charge is 2.08. The van der Waals surface area contributed by atoms with E-state index in [1.54, 1.807) is 49.6 Å². The second kappa shape index (κ2) is 7.87. The molecule has 0 saturated carbocycles. The van der Waals surface area contributed by atoms with Crippen molar-refractivity contribution in [3.63, 3.8) is 0 Å². The highest BCUT2D eigenvalue weighted by molar-refractivity contribution is 5.98. The summed E-state index contributed by atoms with van der Waals surface area (Å²) in [5.74, 6) is -0.127. The number of rotatable bonds is 6. The van der Waals surface area contributed by atoms with Crippen molar-refractivity contribution in [2.75, 3.05) is 13.7 Å². The number of carbonyl (C=O) groups is 2. The van der Waals surface area contributed by atoms with Crippen LogP contribution in [0.25, 0.3) is 0 Å². The number of hydrogen-bond donors (Lipinski definition) is 0. The van der Waals surface area contributed by atoms with Crippen LogP contribution in [0.4, 0.5) is 0 Å². The number of methoxy groups -OCH3 is 1. The maximum absolute atomic E-state index is 11.7. The largest absolute Gasteiger partial charge is 0.497 e. The Kier molecular flexibility index (Phi) is 6.09. The molecular formula is C15H16O4. The summed E-state index contributed by atoms with van der Waals surface area (Å²) in [5.41, 5.74) is 0.478. The van der Waals surface area contributed by atoms with Gasteiger partial charge in [-0.1, -0.05) is 18.2 Å². The molecule has 0 aliphatic heterocycles. The zero-order valence-electron chi connectivity index (χ0n) is 11.0. The minimum Gasteiger partial charge on any atom is -0.497 e. The zero-order valence-corrected chi connectivity index (χ0v) is 11.0. The van der Waals surface area contributed by atoms with Crippen LogP contribution in [0.1, 0.15) is 17.3 Å². The number of benzene rings is 1. The summed E-state index contributed by atoms with van der Waals surface area (Å²) in [6, 6.07) is 6.62. The van der Waals surface area contributed by atoms with Gasteiger partial charge in [-0.3, -0.25) is 4.79 Å². The quantitative estimate of drug-likeness (QED) is 0.341. The van der Waals surface area contributed by atoms with Crippen LogP contribution < -0.4 is 4.74 Å². The first-order chi connectivity index (χ1) is 9.17. The molecule has 19 heavy (non-hydrogen) atoms. The van der Waals surface area contributed by atoms with Gasteiger partial charge in [0.15, 0.2) is 12.4 Å². The number of ether oxygens (including phenoxy) is 2. The Morgan fingerprint density at radius 1 is 1.16 bits per heavy atom. The first-order valence-corrected chi connectivity index (χ1v) is 5.80. The minimum atomic E-state index is -0.542. The van der Waals surface area contributed by atoms with E-state index in [0.29, 0.717) is 11.3 Å². The van der Waals surface area contributed by atoms with Gasteiger partial charge in [-0.2, -0.15) is 0 Å². The predicted molar refractivity (Wildman–Crippen MR) is 72.2 cm³/mol. The third-order valence-electron chi connectivity index (χ3n) is 2.29. The van der Waals surface area contributed by atoms with Crippen molar-refractivity contribution in [2.45, 2.75) is 6.92 Å². The number of ketones is 1. The molecule has 4 heteroatoms. The van der Waals surface area contributed by atoms with Gasteiger partial charge in [0.25, 0.3) is 0 Å². The Bertz CT molecular complexity index is 483. The minimum absolute atomic E-state index is 0.254. The summed E-state index contributed by atoms with van der Waals surface area (Å²) in [5, 5.41) is 0. The average molecular weight is 260 g/mol. The van der Waals surface area contributed by atoms with Crippen molar-refractivity contribution in [2.24, 2.45) is 0 Å². The highest BCUT2D eigenvalue weighted by atomic mass is 16.5. The van der Waals surface area contributed by atoms with Gasteiger partial charge >= 0.3 is 5.97 Å². The van der Waals surface area contributed by atoms with Crippen molar-refractivity contribution < 1.29 is 19.1 Å². The summed E-state index contributed by atoms with van der Waals surface area (Å²) >= 11 is 0. The summed E-state index contributed by atoms with van der Waals surface area (Å²) in [7, 11) is 1.55. The predicted octanol–water partition coefficient (Wildman–Crippen LogP) is 2.55. The van der Waals surface area contributed by atoms with Gasteiger partial charge in [0.05, 0.1) is 7.11 Å². The molecule has 1 aromatic rings. The number of Topliss-reactive ketones (excluding diaryl/α,β-unsaturated/α-hetero) is 1. The first-order valence-electron chi connectivity index (χ1n) is 5.80. The van der Waals surface area contributed by atoms with Crippen molar-refractivity contribution in [3.05, 3.63) is 54.1 Å². The fraction of sp³-hybridized carbons (Fsp3) is 0.200. The van der Waals surface area contributed by atoms with E-state index >= 15 is 0 Å². The molecule has 0 aliphatic carbocycles. The molecule has 0 radical (unpaired) electrons. The van der Waals surface area contributed by atoms with E-state index in [9.17, 15) is 9.59 Å². The lowest BCUT2D eigenvalue weighted by atomic mass is 10.1. The monoisotopic (exact) mass is 260 g/mol. The number of esters is 1. The molecule has 0 aliphatic rings. The number of allylic oxidation sites excluding steroid dienone is 3. The molecule has 0 bridgehead atoms. The maximum Gasteiger partial charge on any atom is 0.331 e. The van der Waals surface area contributed by atoms with Crippen molar-refractivity contribution in [1.82, 2.24) is 0 Å². The second-order valence-electron chi connectivity index (χ2n) is 3.64. The van der Waals surface area contributed by atoms with Gasteiger partial charge in [0, 0.05) is 11.6 Å². The molecule has 0 unspecified atom stereocenters. The fourth-order valence-electron chi connectivity index (χ4n) is 1.29. The standard InChI is InChI=1S/C15H16O4/c1-3-4-5-6-15(17)19-11-14(16)12-7-9-13(18-2)10-8-12/h3-10H,11H2,1-2H3. The van der Waals surface area contributed by atoms with Crippen LogP contribution in [-0.4, -0.2) is 25.5 Å². The molecule has 0 atom stereocenters. The normalized spacial score (nSPS) is 10.8. The van der Waals surface area contributed by atoms with Crippen molar-refractivity contribution in [1.29, 1.82) is 0 Å². The lowest BCUT2D eigenvalue weighted by molar-refractivity contribution is -0.136. The number of carbonyl (C=O) groups excluding carboxylic acids is 2. The van der Waals surface area contributed by atoms with Crippen molar-refractivity contribution in [3.8, 4) is 5.75 Å². The molecule has 0 saturated heterocycles. The van der Waals surface area contributed by atoms with E-state index in [4.69, 9.17) is 9.47 Å². The molecule has 1 rings (SSSR count). The van der Waals surface area contributed by atoms with Crippen LogP contribution >= 0.6 is 0 Å². The summed E-state index contributed by atoms with van der Waals surface area (Å²) in [4.78, 5) is 23.0. The SMILES string of the molecule is CC=CC=CC(=O)OCC(=O)c1ccc(OC)cc1. The Balaban J connectivity index is 2.48. The first kappa shape index (κ1) is 14.7. The van der Waals surface area contributed by atoms with Gasteiger partial charge in [-0.15, -0.1) is 0 Å². The lowest BCUT2D eigenvalue weighted by Gasteiger charge is -2.03. The highest BCUT2D eigenvalue weighted by Crippen LogP contribution is 2.11. The van der Waals surface area contributed by atoms with E-state index in [-0.39, 0.29) is 12.4 Å². The molecule has 0 aromatic heterocycles. The third kappa shape index (κ3) is 5.21. The zero-order chi connectivity index (χ0) is 14.1. The lowest BCUT2D eigenvalue weighted by Crippen LogP contribution is -2.12. The van der Waals surface area contributed by atoms with Crippen LogP contribution in [0, 0.1) is 0 Å². The Morgan fingerprint density at radius 2 is 1.84 bits per heavy atom. The van der Waals surface area contributed by atoms with Crippen LogP contribution in [0.5, 0.6) is 5.75 Å². The summed E-state index contributed by atoms with van der Waals surface area (Å²) in [6.07, 6.45) is 6.31. The Hall–Kier alpha value is -2.36. The van der Waals surface area contributed by atoms with Crippen LogP contribution in [0.15, 0.2) is 48.6 Å². The van der Waals surface area contributed by atoms with E-state index in [1.165, 1.54) is 6.08 Å². The summed E-state index contributed by atoms with van der Waals surface area (Å²) < 4.78 is 9.81. The van der Waals surface area contributed by atoms with Crippen LogP contribution in [0.2, 0.25) is 0 Å². The van der Waals surface area contributed by atoms with Crippen LogP contribution in [-0.2, 0) is 9.53 Å². The molecule has 0 N–H and O–H groups in total. The van der Waals surface area contributed by atoms with Crippen molar-refractivity contribution >= 4 is 11.8 Å². The topological polar surface area (TPSA) is 52.6 Å². The van der Waals surface area contributed by atoms with E-state index < -0.39 is 5.97 Å². The fourth-order valence-corrected chi connectivity index (χ4v) is 1.29. The smallest absolute Gasteiger partial charge is 0.331 e. The number of hydrogen-bond acceptors (Lipinski definition) is 4. The molecular weight excluding hydrogens is 244 g/mol.